The van der Waals surface area contributed by atoms with Crippen LogP contribution in [0.3, 0.4) is 0 Å². The van der Waals surface area contributed by atoms with Gasteiger partial charge in [0.05, 0.1) is 12.2 Å². The van der Waals surface area contributed by atoms with Crippen molar-refractivity contribution in [2.24, 2.45) is 23.2 Å². The summed E-state index contributed by atoms with van der Waals surface area (Å²) in [5, 5.41) is 8.63. The number of hydrogen-bond donors (Lipinski definition) is 0. The minimum atomic E-state index is -4.64. The molecule has 5 aliphatic rings. The van der Waals surface area contributed by atoms with Crippen molar-refractivity contribution in [2.75, 3.05) is 51.3 Å². The van der Waals surface area contributed by atoms with Gasteiger partial charge in [-0.05, 0) is 117 Å². The molecule has 1 saturated heterocycles. The molecule has 1 aromatic heterocycles. The van der Waals surface area contributed by atoms with Gasteiger partial charge in [-0.1, -0.05) is 17.9 Å². The number of rotatable bonds is 7. The smallest absolute Gasteiger partial charge is 0.416 e. The molecule has 0 atom stereocenters. The van der Waals surface area contributed by atoms with Crippen molar-refractivity contribution in [3.63, 3.8) is 0 Å². The first-order valence-corrected chi connectivity index (χ1v) is 17.6. The van der Waals surface area contributed by atoms with E-state index >= 15 is 0 Å². The quantitative estimate of drug-likeness (QED) is 0.263. The van der Waals surface area contributed by atoms with E-state index in [4.69, 9.17) is 4.74 Å². The number of piperazine rings is 1. The van der Waals surface area contributed by atoms with E-state index in [2.05, 4.69) is 22.0 Å². The average Bonchev–Trinajstić information content (AvgIpc) is 3.09. The Morgan fingerprint density at radius 1 is 0.900 bits per heavy atom. The largest absolute Gasteiger partial charge is 0.494 e. The second-order valence-corrected chi connectivity index (χ2v) is 14.6. The minimum Gasteiger partial charge on any atom is -0.494 e. The third-order valence-corrected chi connectivity index (χ3v) is 10.8. The number of amides is 2. The molecule has 4 saturated carbocycles. The second kappa shape index (κ2) is 13.6. The maximum Gasteiger partial charge on any atom is 0.416 e. The SMILES string of the molecule is CCOc1cccc(C#Cc2cc(C(=O)N3CCN(c4ccc(C(=O)N(C)CC56CC7CC(CC(C7)C5)C6)nn4)CC3)cc(C(F)(F)F)c2)c1. The van der Waals surface area contributed by atoms with E-state index in [1.54, 1.807) is 41.3 Å². The lowest BCUT2D eigenvalue weighted by molar-refractivity contribution is -0.137. The molecule has 5 fully saturated rings. The summed E-state index contributed by atoms with van der Waals surface area (Å²) in [6, 6.07) is 13.7. The Morgan fingerprint density at radius 3 is 2.20 bits per heavy atom. The summed E-state index contributed by atoms with van der Waals surface area (Å²) in [4.78, 5) is 32.2. The number of ether oxygens (including phenoxy) is 1. The number of aromatic nitrogens is 2. The molecule has 2 amide bonds. The summed E-state index contributed by atoms with van der Waals surface area (Å²) in [6.45, 7) is 4.51. The number of anilines is 1. The van der Waals surface area contributed by atoms with Crippen LogP contribution < -0.4 is 9.64 Å². The van der Waals surface area contributed by atoms with E-state index in [0.29, 0.717) is 42.5 Å². The number of hydrogen-bond acceptors (Lipinski definition) is 6. The molecule has 8 nitrogen and oxygen atoms in total. The first-order valence-electron chi connectivity index (χ1n) is 17.6. The molecule has 50 heavy (non-hydrogen) atoms. The Balaban J connectivity index is 0.979. The zero-order chi connectivity index (χ0) is 35.0. The van der Waals surface area contributed by atoms with Gasteiger partial charge in [0, 0.05) is 56.5 Å². The summed E-state index contributed by atoms with van der Waals surface area (Å²) >= 11 is 0. The lowest BCUT2D eigenvalue weighted by Gasteiger charge is -2.57. The van der Waals surface area contributed by atoms with E-state index in [0.717, 1.165) is 36.4 Å². The number of alkyl halides is 3. The number of carbonyl (C=O) groups excluding carboxylic acids is 2. The summed E-state index contributed by atoms with van der Waals surface area (Å²) in [7, 11) is 1.87. The van der Waals surface area contributed by atoms with Gasteiger partial charge in [-0.25, -0.2) is 0 Å². The summed E-state index contributed by atoms with van der Waals surface area (Å²) < 4.78 is 47.0. The number of benzene rings is 2. The van der Waals surface area contributed by atoms with Gasteiger partial charge in [-0.2, -0.15) is 13.2 Å². The Labute approximate surface area is 291 Å². The lowest BCUT2D eigenvalue weighted by Crippen LogP contribution is -2.51. The van der Waals surface area contributed by atoms with Crippen LogP contribution in [0.25, 0.3) is 0 Å². The summed E-state index contributed by atoms with van der Waals surface area (Å²) in [6.07, 6.45) is 3.11. The van der Waals surface area contributed by atoms with Gasteiger partial charge in [-0.3, -0.25) is 9.59 Å². The molecule has 0 unspecified atom stereocenters. The van der Waals surface area contributed by atoms with Crippen LogP contribution in [-0.4, -0.2) is 78.2 Å². The van der Waals surface area contributed by atoms with E-state index in [9.17, 15) is 22.8 Å². The van der Waals surface area contributed by atoms with Crippen LogP contribution in [0.2, 0.25) is 0 Å². The second-order valence-electron chi connectivity index (χ2n) is 14.6. The van der Waals surface area contributed by atoms with Gasteiger partial charge < -0.3 is 19.4 Å². The van der Waals surface area contributed by atoms with Crippen molar-refractivity contribution in [1.82, 2.24) is 20.0 Å². The Bertz CT molecular complexity index is 1770. The van der Waals surface area contributed by atoms with Crippen molar-refractivity contribution < 1.29 is 27.5 Å². The highest BCUT2D eigenvalue weighted by Gasteiger charge is 2.51. The molecule has 0 N–H and O–H groups in total. The van der Waals surface area contributed by atoms with Crippen molar-refractivity contribution in [1.29, 1.82) is 0 Å². The first kappa shape index (κ1) is 33.9. The third kappa shape index (κ3) is 7.30. The van der Waals surface area contributed by atoms with Gasteiger partial charge in [0.25, 0.3) is 11.8 Å². The average molecular weight is 686 g/mol. The van der Waals surface area contributed by atoms with Gasteiger partial charge >= 0.3 is 6.18 Å². The third-order valence-electron chi connectivity index (χ3n) is 10.8. The maximum atomic E-state index is 13.9. The molecule has 2 aromatic carbocycles. The van der Waals surface area contributed by atoms with Crippen LogP contribution in [0, 0.1) is 35.0 Å². The molecule has 0 spiro atoms. The fourth-order valence-corrected chi connectivity index (χ4v) is 9.14. The van der Waals surface area contributed by atoms with Crippen LogP contribution in [0.1, 0.15) is 83.0 Å². The first-order chi connectivity index (χ1) is 24.0. The molecule has 1 aliphatic heterocycles. The van der Waals surface area contributed by atoms with Gasteiger partial charge in [0.1, 0.15) is 5.75 Å². The number of carbonyl (C=O) groups is 2. The van der Waals surface area contributed by atoms with Crippen LogP contribution in [0.4, 0.5) is 19.0 Å². The molecule has 3 aromatic rings. The summed E-state index contributed by atoms with van der Waals surface area (Å²) in [5.41, 5.74) is 0.229. The highest BCUT2D eigenvalue weighted by atomic mass is 19.4. The standard InChI is InChI=1S/C39H42F3N5O3/c1-3-50-33-6-4-5-26(20-33)7-8-27-18-31(21-32(19-27)39(40,41)42)36(48)47-13-11-46(12-14-47)35-10-9-34(43-44-35)37(49)45(2)25-38-22-28-15-29(23-38)17-30(16-28)24-38/h4-6,9-10,18-21,28-30H,3,11-17,22-25H2,1-2H3. The predicted molar refractivity (Wildman–Crippen MR) is 183 cm³/mol. The maximum absolute atomic E-state index is 13.9. The van der Waals surface area contributed by atoms with Gasteiger partial charge in [0.2, 0.25) is 0 Å². The number of nitrogens with zero attached hydrogens (tertiary/aromatic N) is 5. The van der Waals surface area contributed by atoms with Gasteiger partial charge in [0.15, 0.2) is 11.5 Å². The topological polar surface area (TPSA) is 78.9 Å². The molecule has 8 rings (SSSR count). The zero-order valence-corrected chi connectivity index (χ0v) is 28.5. The Hall–Kier alpha value is -4.59. The highest BCUT2D eigenvalue weighted by molar-refractivity contribution is 5.95. The fourth-order valence-electron chi connectivity index (χ4n) is 9.14. The highest BCUT2D eigenvalue weighted by Crippen LogP contribution is 2.60. The molecule has 4 aliphatic carbocycles. The molecular weight excluding hydrogens is 643 g/mol. The number of halogens is 3. The van der Waals surface area contributed by atoms with E-state index in [1.807, 2.05) is 23.8 Å². The Kier molecular flexibility index (Phi) is 9.22. The van der Waals surface area contributed by atoms with Crippen molar-refractivity contribution in [2.45, 2.75) is 51.6 Å². The van der Waals surface area contributed by atoms with E-state index in [-0.39, 0.29) is 35.5 Å². The van der Waals surface area contributed by atoms with Crippen LogP contribution in [0.15, 0.2) is 54.6 Å². The van der Waals surface area contributed by atoms with Crippen LogP contribution in [-0.2, 0) is 6.18 Å². The molecular formula is C39H42F3N5O3. The Morgan fingerprint density at radius 2 is 1.58 bits per heavy atom. The van der Waals surface area contributed by atoms with Gasteiger partial charge in [-0.15, -0.1) is 10.2 Å². The normalized spacial score (nSPS) is 24.1. The van der Waals surface area contributed by atoms with Crippen LogP contribution >= 0.6 is 0 Å². The molecule has 2 heterocycles. The van der Waals surface area contributed by atoms with Crippen molar-refractivity contribution in [3.8, 4) is 17.6 Å². The van der Waals surface area contributed by atoms with Crippen molar-refractivity contribution in [3.05, 3.63) is 82.5 Å². The van der Waals surface area contributed by atoms with E-state index in [1.165, 1.54) is 44.6 Å². The predicted octanol–water partition coefficient (Wildman–Crippen LogP) is 6.54. The minimum absolute atomic E-state index is 0.0686. The summed E-state index contributed by atoms with van der Waals surface area (Å²) in [5.74, 6) is 8.71. The molecule has 0 radical (unpaired) electrons. The van der Waals surface area contributed by atoms with E-state index < -0.39 is 17.6 Å². The molecule has 4 bridgehead atoms. The zero-order valence-electron chi connectivity index (χ0n) is 28.5. The molecule has 262 valence electrons. The van der Waals surface area contributed by atoms with Crippen molar-refractivity contribution >= 4 is 17.6 Å². The lowest BCUT2D eigenvalue weighted by atomic mass is 9.49. The monoisotopic (exact) mass is 685 g/mol. The van der Waals surface area contributed by atoms with Crippen LogP contribution in [0.5, 0.6) is 5.75 Å². The molecule has 11 heteroatoms. The fraction of sp³-hybridized carbons (Fsp3) is 0.487.